The normalized spacial score (nSPS) is 12.3. The van der Waals surface area contributed by atoms with Crippen molar-refractivity contribution in [1.82, 2.24) is 0 Å². The first-order chi connectivity index (χ1) is 10.3. The van der Waals surface area contributed by atoms with Gasteiger partial charge in [0.15, 0.2) is 0 Å². The largest absolute Gasteiger partial charge is 0.494 e. The monoisotopic (exact) mass is 301 g/mol. The van der Waals surface area contributed by atoms with Crippen molar-refractivity contribution in [3.8, 4) is 5.75 Å². The first-order valence-corrected chi connectivity index (χ1v) is 7.00. The summed E-state index contributed by atoms with van der Waals surface area (Å²) in [7, 11) is 0. The van der Waals surface area contributed by atoms with Gasteiger partial charge in [0.2, 0.25) is 0 Å². The van der Waals surface area contributed by atoms with E-state index in [0.29, 0.717) is 17.2 Å². The van der Waals surface area contributed by atoms with Crippen LogP contribution in [0.4, 0.5) is 0 Å². The lowest BCUT2D eigenvalue weighted by molar-refractivity contribution is 0.322. The smallest absolute Gasteiger partial charge is 0.119 e. The van der Waals surface area contributed by atoms with Crippen LogP contribution in [0.15, 0.2) is 59.8 Å². The van der Waals surface area contributed by atoms with E-state index in [1.54, 1.807) is 0 Å². The Bertz CT molecular complexity index is 634. The zero-order chi connectivity index (χ0) is 15.1. The van der Waals surface area contributed by atoms with E-state index in [4.69, 9.17) is 21.5 Å². The highest BCUT2D eigenvalue weighted by atomic mass is 35.5. The Morgan fingerprint density at radius 2 is 1.76 bits per heavy atom. The molecular formula is C17H16ClNO2. The van der Waals surface area contributed by atoms with E-state index in [0.717, 1.165) is 16.9 Å². The molecule has 2 aromatic carbocycles. The average molecular weight is 302 g/mol. The number of oxime groups is 1. The van der Waals surface area contributed by atoms with Crippen molar-refractivity contribution in [3.63, 3.8) is 0 Å². The second-order valence-electron chi connectivity index (χ2n) is 4.30. The van der Waals surface area contributed by atoms with E-state index >= 15 is 0 Å². The van der Waals surface area contributed by atoms with E-state index in [-0.39, 0.29) is 0 Å². The van der Waals surface area contributed by atoms with Gasteiger partial charge in [0.05, 0.1) is 17.9 Å². The van der Waals surface area contributed by atoms with Crippen molar-refractivity contribution in [3.05, 3.63) is 65.7 Å². The molecule has 0 heterocycles. The minimum absolute atomic E-state index is 0.516. The highest BCUT2D eigenvalue weighted by Gasteiger charge is 2.08. The van der Waals surface area contributed by atoms with Crippen molar-refractivity contribution in [1.29, 1.82) is 0 Å². The molecule has 0 atom stereocenters. The van der Waals surface area contributed by atoms with Crippen molar-refractivity contribution < 1.29 is 9.94 Å². The number of halogens is 1. The Morgan fingerprint density at radius 1 is 1.10 bits per heavy atom. The maximum absolute atomic E-state index is 8.86. The Kier molecular flexibility index (Phi) is 5.41. The number of allylic oxidation sites excluding steroid dienone is 1. The molecule has 0 bridgehead atoms. The van der Waals surface area contributed by atoms with Gasteiger partial charge in [0.1, 0.15) is 5.75 Å². The summed E-state index contributed by atoms with van der Waals surface area (Å²) in [5, 5.41) is 12.5. The Hall–Kier alpha value is -2.26. The minimum atomic E-state index is 0.516. The second kappa shape index (κ2) is 7.50. The molecule has 2 rings (SSSR count). The van der Waals surface area contributed by atoms with Crippen LogP contribution in [-0.2, 0) is 0 Å². The topological polar surface area (TPSA) is 41.8 Å². The van der Waals surface area contributed by atoms with Crippen LogP contribution in [0.2, 0.25) is 0 Å². The number of hydrogen-bond acceptors (Lipinski definition) is 3. The summed E-state index contributed by atoms with van der Waals surface area (Å²) >= 11 is 6.45. The Balaban J connectivity index is 2.42. The SMILES string of the molecule is CCOc1ccc(/C(Cl)=C(\C=N/O)c2ccccc2)cc1. The molecule has 0 radical (unpaired) electrons. The van der Waals surface area contributed by atoms with E-state index in [2.05, 4.69) is 5.16 Å². The molecule has 0 unspecified atom stereocenters. The first kappa shape index (κ1) is 15.1. The summed E-state index contributed by atoms with van der Waals surface area (Å²) in [5.41, 5.74) is 2.37. The van der Waals surface area contributed by atoms with Gasteiger partial charge in [-0.1, -0.05) is 47.1 Å². The van der Waals surface area contributed by atoms with E-state index < -0.39 is 0 Å². The number of ether oxygens (including phenoxy) is 1. The molecule has 0 fully saturated rings. The fourth-order valence-corrected chi connectivity index (χ4v) is 2.24. The molecule has 0 aliphatic heterocycles. The van der Waals surface area contributed by atoms with Crippen LogP contribution in [0.3, 0.4) is 0 Å². The standard InChI is InChI=1S/C17H16ClNO2/c1-2-21-15-10-8-14(9-11-15)17(18)16(12-19-20)13-6-4-3-5-7-13/h3-12,20H,2H2,1H3/b17-16-,19-12-. The van der Waals surface area contributed by atoms with Crippen molar-refractivity contribution in [2.24, 2.45) is 5.16 Å². The highest BCUT2D eigenvalue weighted by Crippen LogP contribution is 2.29. The van der Waals surface area contributed by atoms with Gasteiger partial charge in [-0.05, 0) is 42.3 Å². The molecule has 4 heteroatoms. The quantitative estimate of drug-likeness (QED) is 0.378. The van der Waals surface area contributed by atoms with Gasteiger partial charge in [0.25, 0.3) is 0 Å². The average Bonchev–Trinajstić information content (AvgIpc) is 2.54. The number of nitrogens with zero attached hydrogens (tertiary/aromatic N) is 1. The van der Waals surface area contributed by atoms with Gasteiger partial charge >= 0.3 is 0 Å². The van der Waals surface area contributed by atoms with Gasteiger partial charge in [-0.15, -0.1) is 0 Å². The van der Waals surface area contributed by atoms with Gasteiger partial charge in [0, 0.05) is 5.57 Å². The van der Waals surface area contributed by atoms with E-state index in [1.165, 1.54) is 6.21 Å². The van der Waals surface area contributed by atoms with Crippen LogP contribution < -0.4 is 4.74 Å². The molecule has 0 spiro atoms. The summed E-state index contributed by atoms with van der Waals surface area (Å²) < 4.78 is 5.41. The minimum Gasteiger partial charge on any atom is -0.494 e. The summed E-state index contributed by atoms with van der Waals surface area (Å²) in [6.45, 7) is 2.56. The molecule has 0 saturated heterocycles. The molecule has 0 aliphatic carbocycles. The van der Waals surface area contributed by atoms with Gasteiger partial charge in [-0.3, -0.25) is 0 Å². The van der Waals surface area contributed by atoms with E-state index in [1.807, 2.05) is 61.5 Å². The summed E-state index contributed by atoms with van der Waals surface area (Å²) in [4.78, 5) is 0. The predicted molar refractivity (Wildman–Crippen MR) is 87.0 cm³/mol. The Morgan fingerprint density at radius 3 is 2.33 bits per heavy atom. The van der Waals surface area contributed by atoms with Crippen LogP contribution in [0.25, 0.3) is 10.6 Å². The molecule has 21 heavy (non-hydrogen) atoms. The van der Waals surface area contributed by atoms with Gasteiger partial charge in [-0.2, -0.15) is 0 Å². The third-order valence-corrected chi connectivity index (χ3v) is 3.35. The molecule has 0 saturated carbocycles. The molecule has 0 aromatic heterocycles. The second-order valence-corrected chi connectivity index (χ2v) is 4.67. The molecule has 0 amide bonds. The lowest BCUT2D eigenvalue weighted by Crippen LogP contribution is -1.92. The first-order valence-electron chi connectivity index (χ1n) is 6.62. The third kappa shape index (κ3) is 3.86. The maximum Gasteiger partial charge on any atom is 0.119 e. The van der Waals surface area contributed by atoms with Gasteiger partial charge < -0.3 is 9.94 Å². The van der Waals surface area contributed by atoms with Crippen LogP contribution >= 0.6 is 11.6 Å². The maximum atomic E-state index is 8.86. The third-order valence-electron chi connectivity index (χ3n) is 2.93. The predicted octanol–water partition coefficient (Wildman–Crippen LogP) is 4.65. The molecule has 2 aromatic rings. The van der Waals surface area contributed by atoms with Crippen LogP contribution in [0, 0.1) is 0 Å². The molecule has 3 nitrogen and oxygen atoms in total. The summed E-state index contributed by atoms with van der Waals surface area (Å²) in [5.74, 6) is 0.794. The van der Waals surface area contributed by atoms with Crippen LogP contribution in [0.5, 0.6) is 5.75 Å². The summed E-state index contributed by atoms with van der Waals surface area (Å²) in [6.07, 6.45) is 1.34. The highest BCUT2D eigenvalue weighted by molar-refractivity contribution is 6.56. The number of hydrogen-bond donors (Lipinski definition) is 1. The van der Waals surface area contributed by atoms with Gasteiger partial charge in [-0.25, -0.2) is 0 Å². The zero-order valence-corrected chi connectivity index (χ0v) is 12.4. The zero-order valence-electron chi connectivity index (χ0n) is 11.7. The molecule has 0 aliphatic rings. The summed E-state index contributed by atoms with van der Waals surface area (Å²) in [6, 6.07) is 17.0. The van der Waals surface area contributed by atoms with Crippen molar-refractivity contribution >= 4 is 28.4 Å². The lowest BCUT2D eigenvalue weighted by Gasteiger charge is -2.08. The van der Waals surface area contributed by atoms with Crippen LogP contribution in [-0.4, -0.2) is 18.0 Å². The molecule has 1 N–H and O–H groups in total. The number of rotatable bonds is 5. The lowest BCUT2D eigenvalue weighted by atomic mass is 10.0. The molecule has 108 valence electrons. The van der Waals surface area contributed by atoms with Crippen LogP contribution in [0.1, 0.15) is 18.1 Å². The van der Waals surface area contributed by atoms with E-state index in [9.17, 15) is 0 Å². The van der Waals surface area contributed by atoms with Crippen molar-refractivity contribution in [2.75, 3.05) is 6.61 Å². The Labute approximate surface area is 129 Å². The number of benzene rings is 2. The fraction of sp³-hybridized carbons (Fsp3) is 0.118. The molecular weight excluding hydrogens is 286 g/mol. The fourth-order valence-electron chi connectivity index (χ4n) is 1.95. The van der Waals surface area contributed by atoms with Crippen molar-refractivity contribution in [2.45, 2.75) is 6.92 Å².